The number of rotatable bonds is 1. The molecule has 0 saturated carbocycles. The van der Waals surface area contributed by atoms with Gasteiger partial charge in [-0.25, -0.2) is 4.79 Å². The Hall–Kier alpha value is -0.840. The molecule has 0 saturated heterocycles. The summed E-state index contributed by atoms with van der Waals surface area (Å²) in [6, 6.07) is 8.30. The van der Waals surface area contributed by atoms with Crippen LogP contribution in [0.1, 0.15) is 17.3 Å². The molecule has 0 heterocycles. The molecule has 1 aromatic carbocycles. The van der Waals surface area contributed by atoms with Crippen molar-refractivity contribution in [3.8, 4) is 0 Å². The van der Waals surface area contributed by atoms with Gasteiger partial charge in [0.1, 0.15) is 0 Å². The number of carboxylic acids is 2. The summed E-state index contributed by atoms with van der Waals surface area (Å²) in [5.41, 5.74) is 0.331. The summed E-state index contributed by atoms with van der Waals surface area (Å²) in [6.07, 6.45) is 0. The van der Waals surface area contributed by atoms with Crippen LogP contribution in [-0.4, -0.2) is 17.0 Å². The van der Waals surface area contributed by atoms with E-state index in [0.29, 0.717) is 5.56 Å². The van der Waals surface area contributed by atoms with Crippen molar-refractivity contribution in [2.45, 2.75) is 6.92 Å². The van der Waals surface area contributed by atoms with Gasteiger partial charge >= 0.3 is 35.5 Å². The largest absolute Gasteiger partial charge is 1.00 e. The first-order chi connectivity index (χ1) is 6.04. The number of aliphatic carboxylic acids is 1. The fourth-order valence-corrected chi connectivity index (χ4v) is 0.581. The molecule has 1 rings (SSSR count). The summed E-state index contributed by atoms with van der Waals surface area (Å²) in [7, 11) is 0. The molecule has 0 aliphatic rings. The van der Waals surface area contributed by atoms with Crippen molar-refractivity contribution in [3.63, 3.8) is 0 Å². The molecule has 70 valence electrons. The van der Waals surface area contributed by atoms with Crippen LogP contribution >= 0.6 is 0 Å². The van der Waals surface area contributed by atoms with Crippen LogP contribution in [0.5, 0.6) is 0 Å². The molecule has 0 fully saturated rings. The normalized spacial score (nSPS) is 7.50. The molecule has 5 heteroatoms. The van der Waals surface area contributed by atoms with Gasteiger partial charge in [-0.15, -0.1) is 0 Å². The first-order valence-corrected chi connectivity index (χ1v) is 3.50. The van der Waals surface area contributed by atoms with Gasteiger partial charge in [-0.2, -0.15) is 0 Å². The standard InChI is InChI=1S/C7H6O2.C2H4O2.Na/c8-7(9)6-4-2-1-3-5-6;1-2(3)4;/h1-5H,(H,8,9);1H3,(H,3,4);/q;;+1/p-1. The molecule has 0 radical (unpaired) electrons. The second-order valence-electron chi connectivity index (χ2n) is 2.16. The number of benzene rings is 1. The monoisotopic (exact) mass is 204 g/mol. The Kier molecular flexibility index (Phi) is 9.76. The Morgan fingerprint density at radius 2 is 1.57 bits per heavy atom. The molecule has 14 heavy (non-hydrogen) atoms. The summed E-state index contributed by atoms with van der Waals surface area (Å²) in [4.78, 5) is 19.1. The Bertz CT molecular complexity index is 280. The van der Waals surface area contributed by atoms with E-state index in [9.17, 15) is 4.79 Å². The average molecular weight is 204 g/mol. The number of carbonyl (C=O) groups is 2. The van der Waals surface area contributed by atoms with E-state index in [0.717, 1.165) is 6.92 Å². The molecular weight excluding hydrogens is 195 g/mol. The maximum atomic E-state index is 10.2. The van der Waals surface area contributed by atoms with Gasteiger partial charge in [0, 0.05) is 5.97 Å². The second-order valence-corrected chi connectivity index (χ2v) is 2.16. The smallest absolute Gasteiger partial charge is 0.550 e. The summed E-state index contributed by atoms with van der Waals surface area (Å²) < 4.78 is 0. The minimum atomic E-state index is -1.08. The van der Waals surface area contributed by atoms with Gasteiger partial charge in [0.15, 0.2) is 0 Å². The van der Waals surface area contributed by atoms with Crippen molar-refractivity contribution < 1.29 is 49.4 Å². The van der Waals surface area contributed by atoms with Gasteiger partial charge in [0.2, 0.25) is 0 Å². The molecule has 0 spiro atoms. The van der Waals surface area contributed by atoms with E-state index < -0.39 is 11.9 Å². The molecule has 0 aromatic heterocycles. The quantitative estimate of drug-likeness (QED) is 0.499. The predicted molar refractivity (Wildman–Crippen MR) is 44.1 cm³/mol. The zero-order valence-corrected chi connectivity index (χ0v) is 10.1. The van der Waals surface area contributed by atoms with Gasteiger partial charge in [-0.1, -0.05) is 18.2 Å². The SMILES string of the molecule is CC(=O)[O-].O=C(O)c1ccccc1.[Na+]. The fourth-order valence-electron chi connectivity index (χ4n) is 0.581. The van der Waals surface area contributed by atoms with E-state index in [1.807, 2.05) is 0 Å². The van der Waals surface area contributed by atoms with Crippen molar-refractivity contribution in [2.75, 3.05) is 0 Å². The van der Waals surface area contributed by atoms with Crippen molar-refractivity contribution >= 4 is 11.9 Å². The first-order valence-electron chi connectivity index (χ1n) is 3.50. The van der Waals surface area contributed by atoms with Crippen LogP contribution in [0.3, 0.4) is 0 Å². The minimum absolute atomic E-state index is 0. The molecule has 0 atom stereocenters. The van der Waals surface area contributed by atoms with E-state index in [4.69, 9.17) is 15.0 Å². The van der Waals surface area contributed by atoms with Gasteiger partial charge in [-0.3, -0.25) is 0 Å². The number of hydrogen-bond acceptors (Lipinski definition) is 3. The molecule has 0 bridgehead atoms. The predicted octanol–water partition coefficient (Wildman–Crippen LogP) is -2.85. The van der Waals surface area contributed by atoms with E-state index in [1.54, 1.807) is 30.3 Å². The molecule has 4 nitrogen and oxygen atoms in total. The summed E-state index contributed by atoms with van der Waals surface area (Å²) >= 11 is 0. The maximum Gasteiger partial charge on any atom is 1.00 e. The molecule has 0 unspecified atom stereocenters. The van der Waals surface area contributed by atoms with Crippen molar-refractivity contribution in [1.82, 2.24) is 0 Å². The summed E-state index contributed by atoms with van der Waals surface area (Å²) in [5, 5.41) is 17.3. The van der Waals surface area contributed by atoms with E-state index >= 15 is 0 Å². The Balaban J connectivity index is 0. The molecular formula is C9H9NaO4. The molecule has 0 aliphatic heterocycles. The molecule has 1 aromatic rings. The zero-order chi connectivity index (χ0) is 10.3. The zero-order valence-electron chi connectivity index (χ0n) is 8.06. The van der Waals surface area contributed by atoms with Crippen LogP contribution in [0.2, 0.25) is 0 Å². The third-order valence-corrected chi connectivity index (χ3v) is 1.02. The molecule has 0 aliphatic carbocycles. The van der Waals surface area contributed by atoms with Crippen LogP contribution in [0.15, 0.2) is 30.3 Å². The van der Waals surface area contributed by atoms with Crippen LogP contribution in [0.25, 0.3) is 0 Å². The van der Waals surface area contributed by atoms with Crippen molar-refractivity contribution in [2.24, 2.45) is 0 Å². The fraction of sp³-hybridized carbons (Fsp3) is 0.111. The second kappa shape index (κ2) is 8.74. The van der Waals surface area contributed by atoms with Gasteiger partial charge in [-0.05, 0) is 19.1 Å². The number of aromatic carboxylic acids is 1. The van der Waals surface area contributed by atoms with E-state index in [1.165, 1.54) is 0 Å². The average Bonchev–Trinajstić information content (AvgIpc) is 2.05. The number of hydrogen-bond donors (Lipinski definition) is 1. The first kappa shape index (κ1) is 15.6. The van der Waals surface area contributed by atoms with Gasteiger partial charge < -0.3 is 15.0 Å². The van der Waals surface area contributed by atoms with Crippen LogP contribution < -0.4 is 34.7 Å². The third kappa shape index (κ3) is 9.25. The van der Waals surface area contributed by atoms with Crippen LogP contribution in [0, 0.1) is 0 Å². The third-order valence-electron chi connectivity index (χ3n) is 1.02. The Morgan fingerprint density at radius 1 is 1.21 bits per heavy atom. The van der Waals surface area contributed by atoms with Crippen LogP contribution in [0.4, 0.5) is 0 Å². The molecule has 0 amide bonds. The van der Waals surface area contributed by atoms with Crippen molar-refractivity contribution in [3.05, 3.63) is 35.9 Å². The Morgan fingerprint density at radius 3 is 1.79 bits per heavy atom. The van der Waals surface area contributed by atoms with Crippen molar-refractivity contribution in [1.29, 1.82) is 0 Å². The minimum Gasteiger partial charge on any atom is -0.550 e. The topological polar surface area (TPSA) is 77.4 Å². The Labute approximate surface area is 104 Å². The van der Waals surface area contributed by atoms with E-state index in [-0.39, 0.29) is 29.6 Å². The van der Waals surface area contributed by atoms with Gasteiger partial charge in [0.25, 0.3) is 0 Å². The van der Waals surface area contributed by atoms with E-state index in [2.05, 4.69) is 0 Å². The maximum absolute atomic E-state index is 10.2. The molecule has 1 N–H and O–H groups in total. The summed E-state index contributed by atoms with van der Waals surface area (Å²) in [6.45, 7) is 0.972. The summed E-state index contributed by atoms with van der Waals surface area (Å²) in [5.74, 6) is -1.96. The van der Waals surface area contributed by atoms with Gasteiger partial charge in [0.05, 0.1) is 5.56 Å². The number of carbonyl (C=O) groups excluding carboxylic acids is 1. The number of carboxylic acid groups (broad SMARTS) is 2. The van der Waals surface area contributed by atoms with Crippen LogP contribution in [-0.2, 0) is 4.79 Å².